The highest BCUT2D eigenvalue weighted by atomic mass is 16.5. The Morgan fingerprint density at radius 3 is 2.31 bits per heavy atom. The molecule has 0 fully saturated rings. The van der Waals surface area contributed by atoms with Crippen LogP contribution >= 0.6 is 0 Å². The van der Waals surface area contributed by atoms with Crippen molar-refractivity contribution in [1.82, 2.24) is 5.32 Å². The second-order valence-electron chi connectivity index (χ2n) is 6.39. The zero-order chi connectivity index (χ0) is 19.1. The summed E-state index contributed by atoms with van der Waals surface area (Å²) in [4.78, 5) is 25.5. The van der Waals surface area contributed by atoms with E-state index in [2.05, 4.69) is 5.32 Å². The maximum absolute atomic E-state index is 11.9. The molecule has 0 aliphatic heterocycles. The van der Waals surface area contributed by atoms with Crippen molar-refractivity contribution in [3.8, 4) is 5.75 Å². The van der Waals surface area contributed by atoms with E-state index in [-0.39, 0.29) is 18.4 Å². The third kappa shape index (κ3) is 5.62. The summed E-state index contributed by atoms with van der Waals surface area (Å²) >= 11 is 0. The van der Waals surface area contributed by atoms with E-state index in [9.17, 15) is 9.59 Å². The van der Waals surface area contributed by atoms with Crippen LogP contribution in [0.1, 0.15) is 23.6 Å². The van der Waals surface area contributed by atoms with Crippen molar-refractivity contribution in [1.29, 1.82) is 0 Å². The predicted molar refractivity (Wildman–Crippen MR) is 104 cm³/mol. The number of rotatable bonds is 7. The highest BCUT2D eigenvalue weighted by Crippen LogP contribution is 2.18. The number of nitrogens with one attached hydrogen (secondary N) is 1. The number of anilines is 1. The van der Waals surface area contributed by atoms with Gasteiger partial charge in [0.2, 0.25) is 5.91 Å². The van der Waals surface area contributed by atoms with Gasteiger partial charge < -0.3 is 15.0 Å². The normalized spacial score (nSPS) is 10.3. The Balaban J connectivity index is 1.83. The number of hydrogen-bond acceptors (Lipinski definition) is 3. The third-order valence-corrected chi connectivity index (χ3v) is 4.23. The van der Waals surface area contributed by atoms with E-state index in [1.54, 1.807) is 4.90 Å². The second kappa shape index (κ2) is 9.04. The summed E-state index contributed by atoms with van der Waals surface area (Å²) in [7, 11) is 0. The average molecular weight is 354 g/mol. The standard InChI is InChI=1S/C21H26N2O3/c1-15-5-9-20(10-6-15)26-14-21(25)22-11-12-23(18(4)24)19-8-7-16(2)17(3)13-19/h5-10,13H,11-12,14H2,1-4H3,(H,22,25). The average Bonchev–Trinajstić information content (AvgIpc) is 2.60. The highest BCUT2D eigenvalue weighted by Gasteiger charge is 2.12. The summed E-state index contributed by atoms with van der Waals surface area (Å²) in [6.07, 6.45) is 0. The summed E-state index contributed by atoms with van der Waals surface area (Å²) in [6, 6.07) is 13.4. The third-order valence-electron chi connectivity index (χ3n) is 4.23. The topological polar surface area (TPSA) is 58.6 Å². The number of hydrogen-bond donors (Lipinski definition) is 1. The highest BCUT2D eigenvalue weighted by molar-refractivity contribution is 5.91. The molecule has 0 heterocycles. The molecule has 2 amide bonds. The summed E-state index contributed by atoms with van der Waals surface area (Å²) < 4.78 is 5.45. The van der Waals surface area contributed by atoms with Crippen LogP contribution in [0.15, 0.2) is 42.5 Å². The number of ether oxygens (including phenoxy) is 1. The summed E-state index contributed by atoms with van der Waals surface area (Å²) in [6.45, 7) is 8.29. The minimum atomic E-state index is -0.214. The number of carbonyl (C=O) groups excluding carboxylic acids is 2. The van der Waals surface area contributed by atoms with Gasteiger partial charge in [-0.15, -0.1) is 0 Å². The van der Waals surface area contributed by atoms with Gasteiger partial charge in [-0.3, -0.25) is 9.59 Å². The molecule has 0 aromatic heterocycles. The lowest BCUT2D eigenvalue weighted by molar-refractivity contribution is -0.123. The Kier molecular flexibility index (Phi) is 6.78. The van der Waals surface area contributed by atoms with Crippen molar-refractivity contribution >= 4 is 17.5 Å². The van der Waals surface area contributed by atoms with E-state index in [4.69, 9.17) is 4.74 Å². The Bertz CT molecular complexity index is 769. The number of carbonyl (C=O) groups is 2. The molecular formula is C21H26N2O3. The van der Waals surface area contributed by atoms with Gasteiger partial charge in [-0.1, -0.05) is 23.8 Å². The maximum atomic E-state index is 11.9. The lowest BCUT2D eigenvalue weighted by Gasteiger charge is -2.22. The molecule has 0 bridgehead atoms. The molecule has 26 heavy (non-hydrogen) atoms. The minimum Gasteiger partial charge on any atom is -0.484 e. The molecule has 2 aromatic rings. The first-order valence-corrected chi connectivity index (χ1v) is 8.68. The molecule has 138 valence electrons. The van der Waals surface area contributed by atoms with Crippen LogP contribution in [0.25, 0.3) is 0 Å². The molecule has 2 rings (SSSR count). The second-order valence-corrected chi connectivity index (χ2v) is 6.39. The van der Waals surface area contributed by atoms with Crippen molar-refractivity contribution in [2.45, 2.75) is 27.7 Å². The fourth-order valence-electron chi connectivity index (χ4n) is 2.50. The Labute approximate surface area is 155 Å². The van der Waals surface area contributed by atoms with Gasteiger partial charge in [0.15, 0.2) is 6.61 Å². The molecule has 1 N–H and O–H groups in total. The maximum Gasteiger partial charge on any atom is 0.258 e. The fourth-order valence-corrected chi connectivity index (χ4v) is 2.50. The van der Waals surface area contributed by atoms with Crippen LogP contribution in [-0.2, 0) is 9.59 Å². The van der Waals surface area contributed by atoms with Gasteiger partial charge in [-0.05, 0) is 56.2 Å². The van der Waals surface area contributed by atoms with Gasteiger partial charge in [0.05, 0.1) is 0 Å². The van der Waals surface area contributed by atoms with Gasteiger partial charge in [0, 0.05) is 25.7 Å². The Morgan fingerprint density at radius 1 is 1.00 bits per heavy atom. The lowest BCUT2D eigenvalue weighted by Crippen LogP contribution is -2.39. The number of amides is 2. The van der Waals surface area contributed by atoms with Crippen molar-refractivity contribution in [2.75, 3.05) is 24.6 Å². The summed E-state index contributed by atoms with van der Waals surface area (Å²) in [5.41, 5.74) is 4.28. The molecule has 0 saturated carbocycles. The minimum absolute atomic E-state index is 0.0488. The van der Waals surface area contributed by atoms with Crippen molar-refractivity contribution in [2.24, 2.45) is 0 Å². The van der Waals surface area contributed by atoms with E-state index >= 15 is 0 Å². The number of benzene rings is 2. The molecule has 0 atom stereocenters. The Hall–Kier alpha value is -2.82. The first kappa shape index (κ1) is 19.5. The largest absolute Gasteiger partial charge is 0.484 e. The predicted octanol–water partition coefficient (Wildman–Crippen LogP) is 3.16. The molecule has 2 aromatic carbocycles. The van der Waals surface area contributed by atoms with Crippen molar-refractivity contribution in [3.05, 3.63) is 59.2 Å². The smallest absolute Gasteiger partial charge is 0.258 e. The van der Waals surface area contributed by atoms with Crippen LogP contribution in [0.3, 0.4) is 0 Å². The van der Waals surface area contributed by atoms with Gasteiger partial charge >= 0.3 is 0 Å². The van der Waals surface area contributed by atoms with E-state index in [0.717, 1.165) is 16.8 Å². The van der Waals surface area contributed by atoms with Gasteiger partial charge in [-0.25, -0.2) is 0 Å². The first-order valence-electron chi connectivity index (χ1n) is 8.68. The molecular weight excluding hydrogens is 328 g/mol. The van der Waals surface area contributed by atoms with E-state index in [0.29, 0.717) is 18.8 Å². The molecule has 0 unspecified atom stereocenters. The molecule has 0 spiro atoms. The Morgan fingerprint density at radius 2 is 1.69 bits per heavy atom. The molecule has 0 radical (unpaired) electrons. The molecule has 5 nitrogen and oxygen atoms in total. The zero-order valence-corrected chi connectivity index (χ0v) is 15.8. The van der Waals surface area contributed by atoms with Crippen LogP contribution in [0, 0.1) is 20.8 Å². The lowest BCUT2D eigenvalue weighted by atomic mass is 10.1. The SMILES string of the molecule is CC(=O)N(CCNC(=O)COc1ccc(C)cc1)c1ccc(C)c(C)c1. The number of nitrogens with zero attached hydrogens (tertiary/aromatic N) is 1. The molecule has 5 heteroatoms. The van der Waals surface area contributed by atoms with Gasteiger partial charge in [-0.2, -0.15) is 0 Å². The fraction of sp³-hybridized carbons (Fsp3) is 0.333. The van der Waals surface area contributed by atoms with Gasteiger partial charge in [0.1, 0.15) is 5.75 Å². The van der Waals surface area contributed by atoms with Crippen LogP contribution in [0.5, 0.6) is 5.75 Å². The number of aryl methyl sites for hydroxylation is 3. The quantitative estimate of drug-likeness (QED) is 0.831. The van der Waals surface area contributed by atoms with Crippen LogP contribution < -0.4 is 15.0 Å². The molecule has 0 aliphatic rings. The zero-order valence-electron chi connectivity index (χ0n) is 15.8. The van der Waals surface area contributed by atoms with Crippen molar-refractivity contribution in [3.63, 3.8) is 0 Å². The van der Waals surface area contributed by atoms with Crippen molar-refractivity contribution < 1.29 is 14.3 Å². The van der Waals surface area contributed by atoms with Crippen LogP contribution in [0.4, 0.5) is 5.69 Å². The monoisotopic (exact) mass is 354 g/mol. The van der Waals surface area contributed by atoms with Gasteiger partial charge in [0.25, 0.3) is 5.91 Å². The van der Waals surface area contributed by atoms with Crippen LogP contribution in [-0.4, -0.2) is 31.5 Å². The molecule has 0 saturated heterocycles. The van der Waals surface area contributed by atoms with E-state index in [1.807, 2.05) is 63.2 Å². The summed E-state index contributed by atoms with van der Waals surface area (Å²) in [5, 5.41) is 2.79. The molecule has 0 aliphatic carbocycles. The summed E-state index contributed by atoms with van der Waals surface area (Å²) in [5.74, 6) is 0.388. The first-order chi connectivity index (χ1) is 12.4. The van der Waals surface area contributed by atoms with Crippen LogP contribution in [0.2, 0.25) is 0 Å². The van der Waals surface area contributed by atoms with E-state index < -0.39 is 0 Å². The van der Waals surface area contributed by atoms with E-state index in [1.165, 1.54) is 12.5 Å².